The van der Waals surface area contributed by atoms with Crippen LogP contribution in [0.1, 0.15) is 44.5 Å². The van der Waals surface area contributed by atoms with E-state index in [4.69, 9.17) is 4.74 Å². The van der Waals surface area contributed by atoms with Gasteiger partial charge < -0.3 is 4.74 Å². The van der Waals surface area contributed by atoms with Crippen molar-refractivity contribution in [3.8, 4) is 5.75 Å². The molecular weight excluding hydrogens is 282 g/mol. The van der Waals surface area contributed by atoms with Crippen LogP contribution in [0.2, 0.25) is 0 Å². The van der Waals surface area contributed by atoms with Crippen LogP contribution in [0.25, 0.3) is 0 Å². The van der Waals surface area contributed by atoms with Crippen molar-refractivity contribution in [2.24, 2.45) is 0 Å². The van der Waals surface area contributed by atoms with Crippen molar-refractivity contribution in [3.63, 3.8) is 0 Å². The Morgan fingerprint density at radius 1 is 1.14 bits per heavy atom. The lowest BCUT2D eigenvalue weighted by atomic mass is 10.2. The molecule has 0 bridgehead atoms. The summed E-state index contributed by atoms with van der Waals surface area (Å²) in [6, 6.07) is 8.29. The van der Waals surface area contributed by atoms with Gasteiger partial charge in [0.1, 0.15) is 11.6 Å². The number of aromatic amines is 1. The fourth-order valence-electron chi connectivity index (χ4n) is 1.87. The lowest BCUT2D eigenvalue weighted by molar-refractivity contribution is 0.306. The first-order valence-corrected chi connectivity index (χ1v) is 8.56. The van der Waals surface area contributed by atoms with Gasteiger partial charge in [-0.25, -0.2) is 4.98 Å². The second-order valence-corrected chi connectivity index (χ2v) is 5.85. The number of rotatable bonds is 9. The van der Waals surface area contributed by atoms with Crippen LogP contribution in [0.5, 0.6) is 5.75 Å². The number of aromatic nitrogens is 3. The van der Waals surface area contributed by atoms with E-state index in [0.717, 1.165) is 41.9 Å². The second-order valence-electron chi connectivity index (χ2n) is 4.91. The number of H-pyrrole nitrogens is 1. The lowest BCUT2D eigenvalue weighted by Gasteiger charge is -2.06. The summed E-state index contributed by atoms with van der Waals surface area (Å²) in [4.78, 5) is 4.39. The van der Waals surface area contributed by atoms with E-state index in [1.807, 2.05) is 12.1 Å². The third kappa shape index (κ3) is 5.42. The maximum atomic E-state index is 5.71. The van der Waals surface area contributed by atoms with E-state index in [1.54, 1.807) is 11.8 Å². The molecule has 0 aliphatic heterocycles. The normalized spacial score (nSPS) is 10.8. The summed E-state index contributed by atoms with van der Waals surface area (Å²) < 4.78 is 5.71. The molecule has 1 heterocycles. The number of nitrogens with one attached hydrogen (secondary N) is 1. The van der Waals surface area contributed by atoms with Crippen molar-refractivity contribution in [2.75, 3.05) is 6.61 Å². The van der Waals surface area contributed by atoms with Crippen molar-refractivity contribution in [3.05, 3.63) is 35.7 Å². The van der Waals surface area contributed by atoms with Gasteiger partial charge in [-0.1, -0.05) is 50.6 Å². The zero-order valence-corrected chi connectivity index (χ0v) is 13.6. The Morgan fingerprint density at radius 3 is 2.62 bits per heavy atom. The summed E-state index contributed by atoms with van der Waals surface area (Å²) in [5.41, 5.74) is 1.25. The molecule has 4 nitrogen and oxygen atoms in total. The Labute approximate surface area is 130 Å². The number of benzene rings is 1. The van der Waals surface area contributed by atoms with E-state index >= 15 is 0 Å². The zero-order chi connectivity index (χ0) is 14.9. The van der Waals surface area contributed by atoms with E-state index in [-0.39, 0.29) is 0 Å². The van der Waals surface area contributed by atoms with Crippen LogP contribution in [0.15, 0.2) is 29.4 Å². The third-order valence-electron chi connectivity index (χ3n) is 3.15. The van der Waals surface area contributed by atoms with E-state index in [2.05, 4.69) is 41.2 Å². The predicted molar refractivity (Wildman–Crippen MR) is 86.8 cm³/mol. The molecule has 2 aromatic rings. The van der Waals surface area contributed by atoms with Gasteiger partial charge in [0.15, 0.2) is 0 Å². The average Bonchev–Trinajstić information content (AvgIpc) is 2.99. The van der Waals surface area contributed by atoms with Gasteiger partial charge in [-0.3, -0.25) is 5.10 Å². The minimum Gasteiger partial charge on any atom is -0.494 e. The highest BCUT2D eigenvalue weighted by molar-refractivity contribution is 7.98. The summed E-state index contributed by atoms with van der Waals surface area (Å²) in [6.45, 7) is 5.07. The first-order valence-electron chi connectivity index (χ1n) is 7.57. The van der Waals surface area contributed by atoms with Crippen molar-refractivity contribution >= 4 is 11.8 Å². The van der Waals surface area contributed by atoms with E-state index in [1.165, 1.54) is 18.4 Å². The van der Waals surface area contributed by atoms with Crippen LogP contribution in [-0.4, -0.2) is 21.8 Å². The molecule has 0 unspecified atom stereocenters. The molecule has 0 atom stereocenters. The van der Waals surface area contributed by atoms with Crippen LogP contribution in [0, 0.1) is 0 Å². The smallest absolute Gasteiger partial charge is 0.208 e. The molecule has 0 aliphatic rings. The number of thioether (sulfide) groups is 1. The largest absolute Gasteiger partial charge is 0.494 e. The molecule has 2 rings (SSSR count). The van der Waals surface area contributed by atoms with Crippen LogP contribution >= 0.6 is 11.8 Å². The van der Waals surface area contributed by atoms with Crippen molar-refractivity contribution in [1.82, 2.24) is 15.2 Å². The molecular formula is C16H23N3OS. The number of nitrogens with zero attached hydrogens (tertiary/aromatic N) is 2. The lowest BCUT2D eigenvalue weighted by Crippen LogP contribution is -1.96. The minimum atomic E-state index is 0.804. The molecule has 0 saturated heterocycles. The highest BCUT2D eigenvalue weighted by Crippen LogP contribution is 2.21. The molecule has 0 radical (unpaired) electrons. The number of hydrogen-bond donors (Lipinski definition) is 1. The second kappa shape index (κ2) is 8.72. The number of ether oxygens (including phenoxy) is 1. The molecule has 21 heavy (non-hydrogen) atoms. The number of hydrogen-bond acceptors (Lipinski definition) is 4. The Kier molecular flexibility index (Phi) is 6.60. The number of aryl methyl sites for hydroxylation is 1. The Balaban J connectivity index is 1.76. The van der Waals surface area contributed by atoms with E-state index in [0.29, 0.717) is 0 Å². The van der Waals surface area contributed by atoms with Crippen LogP contribution < -0.4 is 4.74 Å². The Hall–Kier alpha value is -1.49. The summed E-state index contributed by atoms with van der Waals surface area (Å²) >= 11 is 1.65. The highest BCUT2D eigenvalue weighted by atomic mass is 32.2. The summed E-state index contributed by atoms with van der Waals surface area (Å²) in [6.07, 6.45) is 4.46. The van der Waals surface area contributed by atoms with Gasteiger partial charge in [0.05, 0.1) is 6.61 Å². The van der Waals surface area contributed by atoms with Crippen LogP contribution in [-0.2, 0) is 12.2 Å². The van der Waals surface area contributed by atoms with E-state index < -0.39 is 0 Å². The average molecular weight is 305 g/mol. The first kappa shape index (κ1) is 15.9. The molecule has 1 N–H and O–H groups in total. The molecule has 1 aromatic heterocycles. The highest BCUT2D eigenvalue weighted by Gasteiger charge is 2.03. The maximum absolute atomic E-state index is 5.71. The van der Waals surface area contributed by atoms with Crippen molar-refractivity contribution in [1.29, 1.82) is 0 Å². The van der Waals surface area contributed by atoms with Gasteiger partial charge in [0, 0.05) is 12.2 Å². The standard InChI is InChI=1S/C16H23N3OS/c1-3-5-6-11-20-14-9-7-13(8-10-14)12-21-16-17-15(4-2)18-19-16/h7-10H,3-6,11-12H2,1-2H3,(H,17,18,19). The quantitative estimate of drug-likeness (QED) is 0.556. The van der Waals surface area contributed by atoms with E-state index in [9.17, 15) is 0 Å². The summed E-state index contributed by atoms with van der Waals surface area (Å²) in [5.74, 6) is 2.76. The molecule has 0 fully saturated rings. The molecule has 5 heteroatoms. The molecule has 1 aromatic carbocycles. The van der Waals surface area contributed by atoms with Crippen LogP contribution in [0.3, 0.4) is 0 Å². The zero-order valence-electron chi connectivity index (χ0n) is 12.8. The van der Waals surface area contributed by atoms with Gasteiger partial charge >= 0.3 is 0 Å². The summed E-state index contributed by atoms with van der Waals surface area (Å²) in [5, 5.41) is 7.92. The molecule has 0 aliphatic carbocycles. The van der Waals surface area contributed by atoms with Gasteiger partial charge in [0.25, 0.3) is 0 Å². The molecule has 114 valence electrons. The SMILES string of the molecule is CCCCCOc1ccc(CSc2n[nH]c(CC)n2)cc1. The van der Waals surface area contributed by atoms with Gasteiger partial charge in [0.2, 0.25) is 5.16 Å². The molecule has 0 spiro atoms. The Bertz CT molecular complexity index is 525. The molecule has 0 saturated carbocycles. The minimum absolute atomic E-state index is 0.804. The number of unbranched alkanes of at least 4 members (excludes halogenated alkanes) is 2. The third-order valence-corrected chi connectivity index (χ3v) is 4.07. The van der Waals surface area contributed by atoms with Gasteiger partial charge in [-0.2, -0.15) is 0 Å². The Morgan fingerprint density at radius 2 is 1.95 bits per heavy atom. The van der Waals surface area contributed by atoms with Crippen molar-refractivity contribution < 1.29 is 4.74 Å². The summed E-state index contributed by atoms with van der Waals surface area (Å²) in [7, 11) is 0. The first-order chi connectivity index (χ1) is 10.3. The van der Waals surface area contributed by atoms with Crippen molar-refractivity contribution in [2.45, 2.75) is 50.4 Å². The predicted octanol–water partition coefficient (Wildman–Crippen LogP) is 4.23. The monoisotopic (exact) mass is 305 g/mol. The topological polar surface area (TPSA) is 50.8 Å². The fourth-order valence-corrected chi connectivity index (χ4v) is 2.65. The van der Waals surface area contributed by atoms with Crippen LogP contribution in [0.4, 0.5) is 0 Å². The van der Waals surface area contributed by atoms with Gasteiger partial charge in [-0.15, -0.1) is 5.10 Å². The maximum Gasteiger partial charge on any atom is 0.208 e. The molecule has 0 amide bonds. The fraction of sp³-hybridized carbons (Fsp3) is 0.500. The van der Waals surface area contributed by atoms with Gasteiger partial charge in [-0.05, 0) is 24.1 Å².